The number of nitrogens with one attached hydrogen (secondary N) is 2. The number of nitrogens with zero attached hydrogens (tertiary/aromatic N) is 1. The quantitative estimate of drug-likeness (QED) is 0.316. The first-order valence-electron chi connectivity index (χ1n) is 14.8. The van der Waals surface area contributed by atoms with E-state index in [1.54, 1.807) is 40.9 Å². The van der Waals surface area contributed by atoms with Crippen LogP contribution in [0, 0.1) is 11.8 Å². The maximum Gasteiger partial charge on any atom is 0.244 e. The van der Waals surface area contributed by atoms with Crippen LogP contribution in [-0.2, 0) is 20.9 Å². The van der Waals surface area contributed by atoms with Crippen molar-refractivity contribution in [2.75, 3.05) is 18.5 Å². The molecule has 43 heavy (non-hydrogen) atoms. The highest BCUT2D eigenvalue weighted by Gasteiger charge is 2.77. The Kier molecular flexibility index (Phi) is 7.96. The van der Waals surface area contributed by atoms with Crippen LogP contribution < -0.4 is 15.4 Å². The fourth-order valence-electron chi connectivity index (χ4n) is 7.33. The van der Waals surface area contributed by atoms with Gasteiger partial charge >= 0.3 is 0 Å². The first-order valence-corrected chi connectivity index (χ1v) is 15.7. The van der Waals surface area contributed by atoms with Crippen LogP contribution in [0.1, 0.15) is 43.9 Å². The minimum atomic E-state index is -0.846. The SMILES string of the molecule is CCOc1ccc(NC(=O)[C@@H]2[C@H]3C(=O)N([C@H](CO)c4ccccc4)C(C(=O)NCc4ccccc4)C34CC[C@@]2(C)S4)cc1. The molecule has 3 heterocycles. The zero-order chi connectivity index (χ0) is 30.2. The lowest BCUT2D eigenvalue weighted by molar-refractivity contribution is -0.142. The van der Waals surface area contributed by atoms with E-state index in [9.17, 15) is 19.5 Å². The predicted molar refractivity (Wildman–Crippen MR) is 166 cm³/mol. The van der Waals surface area contributed by atoms with E-state index in [0.717, 1.165) is 11.1 Å². The lowest BCUT2D eigenvalue weighted by atomic mass is 9.66. The summed E-state index contributed by atoms with van der Waals surface area (Å²) < 4.78 is 4.22. The van der Waals surface area contributed by atoms with Crippen molar-refractivity contribution >= 4 is 35.2 Å². The molecule has 2 bridgehead atoms. The van der Waals surface area contributed by atoms with Gasteiger partial charge in [0.2, 0.25) is 17.7 Å². The molecular weight excluding hydrogens is 562 g/mol. The summed E-state index contributed by atoms with van der Waals surface area (Å²) in [5, 5.41) is 16.8. The Morgan fingerprint density at radius 3 is 2.33 bits per heavy atom. The molecule has 3 aliphatic heterocycles. The van der Waals surface area contributed by atoms with E-state index in [0.29, 0.717) is 37.4 Å². The Morgan fingerprint density at radius 2 is 1.67 bits per heavy atom. The molecule has 6 rings (SSSR count). The normalized spacial score (nSPS) is 27.9. The lowest BCUT2D eigenvalue weighted by Gasteiger charge is -2.37. The number of thioether (sulfide) groups is 1. The van der Waals surface area contributed by atoms with Gasteiger partial charge in [0.05, 0.1) is 35.8 Å². The van der Waals surface area contributed by atoms with Gasteiger partial charge in [-0.2, -0.15) is 0 Å². The molecule has 3 saturated heterocycles. The molecule has 2 unspecified atom stereocenters. The topological polar surface area (TPSA) is 108 Å². The summed E-state index contributed by atoms with van der Waals surface area (Å²) in [6.07, 6.45) is 1.33. The Balaban J connectivity index is 1.35. The zero-order valence-electron chi connectivity index (χ0n) is 24.4. The molecule has 8 nitrogen and oxygen atoms in total. The van der Waals surface area contributed by atoms with E-state index >= 15 is 0 Å². The minimum absolute atomic E-state index is 0.232. The number of carbonyl (C=O) groups excluding carboxylic acids is 3. The number of likely N-dealkylation sites (tertiary alicyclic amines) is 1. The highest BCUT2D eigenvalue weighted by Crippen LogP contribution is 2.72. The van der Waals surface area contributed by atoms with Crippen LogP contribution in [0.15, 0.2) is 84.9 Å². The fourth-order valence-corrected chi connectivity index (χ4v) is 9.67. The van der Waals surface area contributed by atoms with Crippen molar-refractivity contribution in [3.8, 4) is 5.75 Å². The molecule has 3 amide bonds. The van der Waals surface area contributed by atoms with E-state index in [-0.39, 0.29) is 24.3 Å². The van der Waals surface area contributed by atoms with Gasteiger partial charge in [-0.25, -0.2) is 0 Å². The number of amides is 3. The van der Waals surface area contributed by atoms with Crippen LogP contribution >= 0.6 is 11.8 Å². The van der Waals surface area contributed by atoms with Gasteiger partial charge in [0, 0.05) is 17.0 Å². The van der Waals surface area contributed by atoms with E-state index in [1.165, 1.54) is 0 Å². The number of hydrogen-bond donors (Lipinski definition) is 3. The molecule has 3 aliphatic rings. The molecule has 6 atom stereocenters. The highest BCUT2D eigenvalue weighted by molar-refractivity contribution is 8.02. The number of ether oxygens (including phenoxy) is 1. The fraction of sp³-hybridized carbons (Fsp3) is 0.382. The maximum atomic E-state index is 14.6. The average molecular weight is 600 g/mol. The number of aliphatic hydroxyl groups is 1. The van der Waals surface area contributed by atoms with Crippen LogP contribution in [0.5, 0.6) is 5.75 Å². The standard InChI is InChI=1S/C34H37N3O5S/c1-3-42-25-16-14-24(15-17-25)36-30(39)27-28-32(41)37(26(21-38)23-12-8-5-9-13-23)29(34(28)19-18-33(27,2)43-34)31(40)35-20-22-10-6-4-7-11-22/h4-17,26-29,38H,3,18-21H2,1-2H3,(H,35,40)(H,36,39)/t26-,27+,28+,29?,33-,34?/m1/s1. The van der Waals surface area contributed by atoms with Gasteiger partial charge in [0.1, 0.15) is 11.8 Å². The predicted octanol–water partition coefficient (Wildman–Crippen LogP) is 4.56. The lowest BCUT2D eigenvalue weighted by Crippen LogP contribution is -2.54. The third-order valence-electron chi connectivity index (χ3n) is 9.18. The van der Waals surface area contributed by atoms with E-state index < -0.39 is 33.4 Å². The summed E-state index contributed by atoms with van der Waals surface area (Å²) in [5.41, 5.74) is 2.32. The van der Waals surface area contributed by atoms with Crippen molar-refractivity contribution in [1.82, 2.24) is 10.2 Å². The summed E-state index contributed by atoms with van der Waals surface area (Å²) >= 11 is 1.61. The number of carbonyl (C=O) groups is 3. The van der Waals surface area contributed by atoms with Crippen LogP contribution in [0.4, 0.5) is 5.69 Å². The molecule has 3 fully saturated rings. The minimum Gasteiger partial charge on any atom is -0.494 e. The Hall–Kier alpha value is -3.82. The van der Waals surface area contributed by atoms with Gasteiger partial charge < -0.3 is 25.4 Å². The number of rotatable bonds is 10. The zero-order valence-corrected chi connectivity index (χ0v) is 25.2. The average Bonchev–Trinajstić information content (AvgIpc) is 3.59. The molecule has 3 N–H and O–H groups in total. The molecule has 3 aromatic carbocycles. The summed E-state index contributed by atoms with van der Waals surface area (Å²) in [5.74, 6) is -1.39. The van der Waals surface area contributed by atoms with E-state index in [4.69, 9.17) is 4.74 Å². The Bertz CT molecular complexity index is 1490. The second-order valence-corrected chi connectivity index (χ2v) is 13.6. The molecular formula is C34H37N3O5S. The largest absolute Gasteiger partial charge is 0.494 e. The van der Waals surface area contributed by atoms with Gasteiger partial charge in [-0.1, -0.05) is 60.7 Å². The van der Waals surface area contributed by atoms with Crippen molar-refractivity contribution in [2.45, 2.75) is 54.8 Å². The molecule has 3 aromatic rings. The number of anilines is 1. The second kappa shape index (κ2) is 11.7. The number of aliphatic hydroxyl groups excluding tert-OH is 1. The van der Waals surface area contributed by atoms with Crippen molar-refractivity contribution in [3.05, 3.63) is 96.1 Å². The van der Waals surface area contributed by atoms with Crippen molar-refractivity contribution in [1.29, 1.82) is 0 Å². The number of fused-ring (bicyclic) bond motifs is 1. The summed E-state index contributed by atoms with van der Waals surface area (Å²) in [6, 6.07) is 24.6. The molecule has 1 spiro atoms. The smallest absolute Gasteiger partial charge is 0.244 e. The second-order valence-electron chi connectivity index (χ2n) is 11.7. The van der Waals surface area contributed by atoms with Crippen molar-refractivity contribution in [2.24, 2.45) is 11.8 Å². The van der Waals surface area contributed by atoms with Gasteiger partial charge in [0.25, 0.3) is 0 Å². The summed E-state index contributed by atoms with van der Waals surface area (Å²) in [7, 11) is 0. The Morgan fingerprint density at radius 1 is 1.00 bits per heavy atom. The van der Waals surface area contributed by atoms with E-state index in [2.05, 4.69) is 10.6 Å². The monoisotopic (exact) mass is 599 g/mol. The highest BCUT2D eigenvalue weighted by atomic mass is 32.2. The van der Waals surface area contributed by atoms with Gasteiger partial charge in [-0.15, -0.1) is 11.8 Å². The molecule has 224 valence electrons. The van der Waals surface area contributed by atoms with E-state index in [1.807, 2.05) is 74.5 Å². The number of hydrogen-bond acceptors (Lipinski definition) is 6. The number of benzene rings is 3. The van der Waals surface area contributed by atoms with Crippen LogP contribution in [0.25, 0.3) is 0 Å². The summed E-state index contributed by atoms with van der Waals surface area (Å²) in [4.78, 5) is 44.4. The molecule has 0 radical (unpaired) electrons. The molecule has 0 aromatic heterocycles. The first kappa shape index (κ1) is 29.3. The van der Waals surface area contributed by atoms with Crippen molar-refractivity contribution in [3.63, 3.8) is 0 Å². The van der Waals surface area contributed by atoms with Gasteiger partial charge in [-0.3, -0.25) is 14.4 Å². The third-order valence-corrected chi connectivity index (χ3v) is 11.2. The van der Waals surface area contributed by atoms with Gasteiger partial charge in [-0.05, 0) is 62.1 Å². The molecule has 0 saturated carbocycles. The van der Waals surface area contributed by atoms with Crippen LogP contribution in [0.3, 0.4) is 0 Å². The maximum absolute atomic E-state index is 14.6. The Labute approximate surface area is 256 Å². The van der Waals surface area contributed by atoms with Crippen LogP contribution in [-0.4, -0.2) is 56.5 Å². The molecule has 9 heteroatoms. The van der Waals surface area contributed by atoms with Gasteiger partial charge in [0.15, 0.2) is 0 Å². The first-order chi connectivity index (χ1) is 20.8. The summed E-state index contributed by atoms with van der Waals surface area (Å²) in [6.45, 7) is 4.48. The molecule has 0 aliphatic carbocycles. The third kappa shape index (κ3) is 5.08. The van der Waals surface area contributed by atoms with Crippen LogP contribution in [0.2, 0.25) is 0 Å². The van der Waals surface area contributed by atoms with Crippen molar-refractivity contribution < 1.29 is 24.2 Å².